The molecule has 0 saturated heterocycles. The summed E-state index contributed by atoms with van der Waals surface area (Å²) in [5.74, 6) is 0.333. The number of hydrogen-bond donors (Lipinski definition) is 2. The lowest BCUT2D eigenvalue weighted by molar-refractivity contribution is 0.473. The lowest BCUT2D eigenvalue weighted by atomic mass is 10.1. The van der Waals surface area contributed by atoms with E-state index in [1.165, 1.54) is 0 Å². The van der Waals surface area contributed by atoms with E-state index in [9.17, 15) is 10.2 Å². The second-order valence-electron chi connectivity index (χ2n) is 6.06. The zero-order chi connectivity index (χ0) is 19.4. The largest absolute Gasteiger partial charge is 0.507 e. The van der Waals surface area contributed by atoms with Gasteiger partial charge in [-0.15, -0.1) is 0 Å². The van der Waals surface area contributed by atoms with Gasteiger partial charge in [0, 0.05) is 27.6 Å². The molecule has 0 radical (unpaired) electrons. The molecule has 0 aromatic heterocycles. The van der Waals surface area contributed by atoms with Gasteiger partial charge in [0.1, 0.15) is 11.5 Å². The average Bonchev–Trinajstić information content (AvgIpc) is 2.64. The summed E-state index contributed by atoms with van der Waals surface area (Å²) in [4.78, 5) is 9.25. The van der Waals surface area contributed by atoms with Crippen LogP contribution < -0.4 is 0 Å². The Morgan fingerprint density at radius 3 is 1.70 bits per heavy atom. The number of phenolic OH excluding ortho intramolecular Hbond substituents is 2. The fourth-order valence-electron chi connectivity index (χ4n) is 2.72. The number of halogens is 1. The summed E-state index contributed by atoms with van der Waals surface area (Å²) in [6, 6.07) is 19.3. The number of nitrogens with zero attached hydrogens (tertiary/aromatic N) is 2. The summed E-state index contributed by atoms with van der Waals surface area (Å²) in [7, 11) is 0. The van der Waals surface area contributed by atoms with Crippen molar-refractivity contribution in [2.45, 2.75) is 13.8 Å². The van der Waals surface area contributed by atoms with E-state index >= 15 is 0 Å². The van der Waals surface area contributed by atoms with Crippen molar-refractivity contribution in [2.24, 2.45) is 9.98 Å². The molecule has 0 heterocycles. The van der Waals surface area contributed by atoms with Crippen molar-refractivity contribution >= 4 is 34.4 Å². The molecule has 0 atom stereocenters. The number of rotatable bonds is 4. The van der Waals surface area contributed by atoms with E-state index in [0.717, 1.165) is 0 Å². The van der Waals surface area contributed by atoms with E-state index in [0.29, 0.717) is 38.9 Å². The monoisotopic (exact) mass is 378 g/mol. The van der Waals surface area contributed by atoms with Gasteiger partial charge < -0.3 is 10.2 Å². The van der Waals surface area contributed by atoms with Gasteiger partial charge in [0.25, 0.3) is 0 Å². The van der Waals surface area contributed by atoms with E-state index in [1.807, 2.05) is 26.0 Å². The van der Waals surface area contributed by atoms with E-state index < -0.39 is 0 Å². The fourth-order valence-corrected chi connectivity index (χ4v) is 2.89. The normalized spacial score (nSPS) is 12.3. The Morgan fingerprint density at radius 1 is 0.704 bits per heavy atom. The zero-order valence-electron chi connectivity index (χ0n) is 15.0. The molecule has 0 saturated carbocycles. The summed E-state index contributed by atoms with van der Waals surface area (Å²) >= 11 is 6.15. The van der Waals surface area contributed by atoms with Crippen LogP contribution in [0.4, 0.5) is 11.4 Å². The quantitative estimate of drug-likeness (QED) is 0.544. The Balaban J connectivity index is 2.06. The number of benzene rings is 3. The van der Waals surface area contributed by atoms with Gasteiger partial charge in [-0.3, -0.25) is 9.98 Å². The van der Waals surface area contributed by atoms with Crippen molar-refractivity contribution < 1.29 is 10.2 Å². The number of para-hydroxylation sites is 2. The summed E-state index contributed by atoms with van der Waals surface area (Å²) in [6.07, 6.45) is 0. The molecule has 0 unspecified atom stereocenters. The summed E-state index contributed by atoms with van der Waals surface area (Å²) in [5, 5.41) is 20.6. The molecule has 2 N–H and O–H groups in total. The highest BCUT2D eigenvalue weighted by atomic mass is 35.5. The highest BCUT2D eigenvalue weighted by molar-refractivity contribution is 6.31. The molecule has 0 aliphatic carbocycles. The number of aromatic hydroxyl groups is 2. The molecule has 3 aromatic carbocycles. The van der Waals surface area contributed by atoms with Gasteiger partial charge in [0.05, 0.1) is 11.4 Å². The van der Waals surface area contributed by atoms with Gasteiger partial charge >= 0.3 is 0 Å². The molecule has 0 spiro atoms. The van der Waals surface area contributed by atoms with E-state index in [-0.39, 0.29) is 11.5 Å². The number of phenols is 2. The molecule has 4 nitrogen and oxygen atoms in total. The zero-order valence-corrected chi connectivity index (χ0v) is 15.8. The van der Waals surface area contributed by atoms with Crippen LogP contribution in [-0.2, 0) is 0 Å². The van der Waals surface area contributed by atoms with E-state index in [2.05, 4.69) is 9.98 Å². The molecule has 5 heteroatoms. The van der Waals surface area contributed by atoms with Crippen molar-refractivity contribution in [3.05, 3.63) is 82.9 Å². The maximum absolute atomic E-state index is 10.0. The van der Waals surface area contributed by atoms with E-state index in [4.69, 9.17) is 11.6 Å². The van der Waals surface area contributed by atoms with Gasteiger partial charge in [-0.2, -0.15) is 0 Å². The lowest BCUT2D eigenvalue weighted by Gasteiger charge is -2.08. The Morgan fingerprint density at radius 2 is 1.19 bits per heavy atom. The van der Waals surface area contributed by atoms with Crippen molar-refractivity contribution in [3.63, 3.8) is 0 Å². The first kappa shape index (κ1) is 18.7. The first-order valence-corrected chi connectivity index (χ1v) is 8.80. The van der Waals surface area contributed by atoms with Gasteiger partial charge in [0.2, 0.25) is 0 Å². The van der Waals surface area contributed by atoms with Crippen LogP contribution in [0, 0.1) is 0 Å². The third-order valence-corrected chi connectivity index (χ3v) is 4.34. The standard InChI is InChI=1S/C22H19ClN2O2/c1-14(17-7-3-5-9-21(17)26)24-19-12-11-16(23)13-20(19)25-15(2)18-8-4-6-10-22(18)27/h3-13,26-27H,1-2H3. The molecule has 0 bridgehead atoms. The van der Waals surface area contributed by atoms with Crippen molar-refractivity contribution in [2.75, 3.05) is 0 Å². The third-order valence-electron chi connectivity index (χ3n) is 4.10. The Bertz CT molecular complexity index is 1040. The van der Waals surface area contributed by atoms with Crippen molar-refractivity contribution in [1.29, 1.82) is 0 Å². The predicted octanol–water partition coefficient (Wildman–Crippen LogP) is 6.03. The second-order valence-corrected chi connectivity index (χ2v) is 6.50. The van der Waals surface area contributed by atoms with Crippen LogP contribution in [0.5, 0.6) is 11.5 Å². The highest BCUT2D eigenvalue weighted by Crippen LogP contribution is 2.33. The molecule has 3 aromatic rings. The predicted molar refractivity (Wildman–Crippen MR) is 111 cm³/mol. The van der Waals surface area contributed by atoms with Crippen LogP contribution >= 0.6 is 11.6 Å². The van der Waals surface area contributed by atoms with Crippen LogP contribution in [0.15, 0.2) is 76.7 Å². The molecule has 136 valence electrons. The minimum absolute atomic E-state index is 0.163. The third kappa shape index (κ3) is 4.36. The average molecular weight is 379 g/mol. The topological polar surface area (TPSA) is 65.2 Å². The Labute approximate surface area is 163 Å². The Kier molecular flexibility index (Phi) is 5.57. The van der Waals surface area contributed by atoms with Gasteiger partial charge in [0.15, 0.2) is 0 Å². The van der Waals surface area contributed by atoms with Crippen LogP contribution in [0.3, 0.4) is 0 Å². The summed E-state index contributed by atoms with van der Waals surface area (Å²) in [6.45, 7) is 3.65. The van der Waals surface area contributed by atoms with Crippen LogP contribution in [0.1, 0.15) is 25.0 Å². The van der Waals surface area contributed by atoms with E-state index in [1.54, 1.807) is 54.6 Å². The second kappa shape index (κ2) is 8.06. The first-order valence-electron chi connectivity index (χ1n) is 8.42. The van der Waals surface area contributed by atoms with Gasteiger partial charge in [-0.05, 0) is 56.3 Å². The Hall–Kier alpha value is -3.11. The molecule has 27 heavy (non-hydrogen) atoms. The minimum Gasteiger partial charge on any atom is -0.507 e. The molecule has 0 aliphatic rings. The first-order chi connectivity index (χ1) is 13.0. The van der Waals surface area contributed by atoms with Gasteiger partial charge in [-0.1, -0.05) is 35.9 Å². The summed E-state index contributed by atoms with van der Waals surface area (Å²) in [5.41, 5.74) is 3.80. The highest BCUT2D eigenvalue weighted by Gasteiger charge is 2.09. The minimum atomic E-state index is 0.163. The van der Waals surface area contributed by atoms with Crippen molar-refractivity contribution in [3.8, 4) is 11.5 Å². The summed E-state index contributed by atoms with van der Waals surface area (Å²) < 4.78 is 0. The molecular weight excluding hydrogens is 360 g/mol. The lowest BCUT2D eigenvalue weighted by Crippen LogP contribution is -1.95. The SMILES string of the molecule is CC(=Nc1ccc(Cl)cc1N=C(C)c1ccccc1O)c1ccccc1O. The van der Waals surface area contributed by atoms with Crippen LogP contribution in [0.2, 0.25) is 5.02 Å². The maximum Gasteiger partial charge on any atom is 0.124 e. The maximum atomic E-state index is 10.0. The smallest absolute Gasteiger partial charge is 0.124 e. The molecule has 0 aliphatic heterocycles. The fraction of sp³-hybridized carbons (Fsp3) is 0.0909. The molecule has 0 amide bonds. The number of hydrogen-bond acceptors (Lipinski definition) is 4. The molecule has 0 fully saturated rings. The van der Waals surface area contributed by atoms with Gasteiger partial charge in [-0.25, -0.2) is 0 Å². The van der Waals surface area contributed by atoms with Crippen LogP contribution in [0.25, 0.3) is 0 Å². The molecular formula is C22H19ClN2O2. The molecule has 3 rings (SSSR count). The number of aliphatic imine (C=N–C) groups is 2. The van der Waals surface area contributed by atoms with Crippen molar-refractivity contribution in [1.82, 2.24) is 0 Å². The van der Waals surface area contributed by atoms with Crippen LogP contribution in [-0.4, -0.2) is 21.6 Å².